The van der Waals surface area contributed by atoms with Crippen LogP contribution >= 0.6 is 0 Å². The molecule has 0 aliphatic carbocycles. The first-order valence-corrected chi connectivity index (χ1v) is 4.80. The highest BCUT2D eigenvalue weighted by molar-refractivity contribution is 5.95. The molecule has 0 atom stereocenters. The summed E-state index contributed by atoms with van der Waals surface area (Å²) in [4.78, 5) is 11.4. The molecule has 1 aromatic carbocycles. The second kappa shape index (κ2) is 6.04. The number of methoxy groups -OCH3 is 1. The van der Waals surface area contributed by atoms with Crippen LogP contribution in [0.5, 0.6) is 5.75 Å². The predicted octanol–water partition coefficient (Wildman–Crippen LogP) is 2.88. The monoisotopic (exact) mass is 277 g/mol. The van der Waals surface area contributed by atoms with E-state index >= 15 is 0 Å². The summed E-state index contributed by atoms with van der Waals surface area (Å²) in [6.45, 7) is -3.33. The van der Waals surface area contributed by atoms with E-state index in [1.807, 2.05) is 0 Å². The zero-order valence-corrected chi connectivity index (χ0v) is 9.49. The Bertz CT molecular complexity index is 525. The van der Waals surface area contributed by atoms with Gasteiger partial charge in [0.2, 0.25) is 0 Å². The first-order valence-electron chi connectivity index (χ1n) is 4.80. The van der Waals surface area contributed by atoms with E-state index in [4.69, 9.17) is 5.26 Å². The Morgan fingerprint density at radius 3 is 2.37 bits per heavy atom. The zero-order chi connectivity index (χ0) is 14.6. The number of nitrogens with zero attached hydrogens (tertiary/aromatic N) is 1. The molecule has 0 saturated heterocycles. The van der Waals surface area contributed by atoms with Crippen molar-refractivity contribution in [2.75, 3.05) is 7.11 Å². The molecule has 0 heterocycles. The molecule has 0 fully saturated rings. The van der Waals surface area contributed by atoms with Crippen molar-refractivity contribution in [2.24, 2.45) is 0 Å². The number of hydrogen-bond donors (Lipinski definition) is 0. The van der Waals surface area contributed by atoms with Crippen molar-refractivity contribution in [1.29, 1.82) is 5.26 Å². The minimum absolute atomic E-state index is 0.527. The standard InChI is InChI=1S/C11H7F4NO3/c1-18-10(17)8-6(4-16)2-5(9(12)13)3-7(8)19-11(14)15/h2-3,9,11H,1H3. The molecule has 0 amide bonds. The normalized spacial score (nSPS) is 10.4. The summed E-state index contributed by atoms with van der Waals surface area (Å²) >= 11 is 0. The Labute approximate surface area is 105 Å². The summed E-state index contributed by atoms with van der Waals surface area (Å²) in [6, 6.07) is 2.75. The molecule has 0 unspecified atom stereocenters. The van der Waals surface area contributed by atoms with E-state index in [9.17, 15) is 22.4 Å². The van der Waals surface area contributed by atoms with Gasteiger partial charge in [-0.1, -0.05) is 0 Å². The summed E-state index contributed by atoms with van der Waals surface area (Å²) in [5, 5.41) is 8.78. The van der Waals surface area contributed by atoms with E-state index in [-0.39, 0.29) is 0 Å². The second-order valence-corrected chi connectivity index (χ2v) is 3.22. The molecule has 0 aromatic heterocycles. The van der Waals surface area contributed by atoms with Crippen molar-refractivity contribution >= 4 is 5.97 Å². The fourth-order valence-electron chi connectivity index (χ4n) is 1.35. The summed E-state index contributed by atoms with van der Waals surface area (Å²) < 4.78 is 57.8. The van der Waals surface area contributed by atoms with Crippen LogP contribution in [0, 0.1) is 11.3 Å². The molecule has 0 radical (unpaired) electrons. The van der Waals surface area contributed by atoms with Gasteiger partial charge in [0.05, 0.1) is 12.7 Å². The Kier molecular flexibility index (Phi) is 4.69. The van der Waals surface area contributed by atoms with Crippen molar-refractivity contribution in [3.05, 3.63) is 28.8 Å². The highest BCUT2D eigenvalue weighted by atomic mass is 19.3. The van der Waals surface area contributed by atoms with Crippen LogP contribution in [0.3, 0.4) is 0 Å². The first kappa shape index (κ1) is 14.8. The number of benzene rings is 1. The molecule has 0 spiro atoms. The van der Waals surface area contributed by atoms with Gasteiger partial charge in [0.25, 0.3) is 6.43 Å². The SMILES string of the molecule is COC(=O)c1c(C#N)cc(C(F)F)cc1OC(F)F. The lowest BCUT2D eigenvalue weighted by atomic mass is 10.0. The molecular weight excluding hydrogens is 270 g/mol. The number of carbonyl (C=O) groups excluding carboxylic acids is 1. The van der Waals surface area contributed by atoms with Crippen LogP contribution in [0.2, 0.25) is 0 Å². The fourth-order valence-corrected chi connectivity index (χ4v) is 1.35. The zero-order valence-electron chi connectivity index (χ0n) is 9.49. The number of halogens is 4. The molecule has 0 N–H and O–H groups in total. The van der Waals surface area contributed by atoms with Crippen LogP contribution in [0.4, 0.5) is 17.6 Å². The fraction of sp³-hybridized carbons (Fsp3) is 0.273. The third kappa shape index (κ3) is 3.34. The lowest BCUT2D eigenvalue weighted by Crippen LogP contribution is -2.12. The predicted molar refractivity (Wildman–Crippen MR) is 54.1 cm³/mol. The van der Waals surface area contributed by atoms with Gasteiger partial charge in [0.15, 0.2) is 0 Å². The van der Waals surface area contributed by atoms with Gasteiger partial charge in [-0.25, -0.2) is 13.6 Å². The summed E-state index contributed by atoms with van der Waals surface area (Å²) in [5.41, 5.74) is -1.85. The Balaban J connectivity index is 3.48. The van der Waals surface area contributed by atoms with Gasteiger partial charge in [-0.15, -0.1) is 0 Å². The Morgan fingerprint density at radius 2 is 1.95 bits per heavy atom. The van der Waals surface area contributed by atoms with Gasteiger partial charge in [-0.3, -0.25) is 0 Å². The van der Waals surface area contributed by atoms with Crippen LogP contribution in [-0.4, -0.2) is 19.7 Å². The van der Waals surface area contributed by atoms with Crippen molar-refractivity contribution < 1.29 is 31.8 Å². The maximum Gasteiger partial charge on any atom is 0.387 e. The minimum Gasteiger partial charge on any atom is -0.465 e. The molecule has 0 aliphatic rings. The van der Waals surface area contributed by atoms with Gasteiger partial charge in [-0.2, -0.15) is 14.0 Å². The van der Waals surface area contributed by atoms with Crippen molar-refractivity contribution in [2.45, 2.75) is 13.0 Å². The van der Waals surface area contributed by atoms with E-state index in [0.717, 1.165) is 13.2 Å². The van der Waals surface area contributed by atoms with E-state index in [1.54, 1.807) is 0 Å². The number of alkyl halides is 4. The van der Waals surface area contributed by atoms with Gasteiger partial charge in [-0.05, 0) is 12.1 Å². The van der Waals surface area contributed by atoms with Gasteiger partial charge in [0, 0.05) is 5.56 Å². The quantitative estimate of drug-likeness (QED) is 0.627. The van der Waals surface area contributed by atoms with E-state index < -0.39 is 41.4 Å². The lowest BCUT2D eigenvalue weighted by Gasteiger charge is -2.12. The van der Waals surface area contributed by atoms with Gasteiger partial charge in [0.1, 0.15) is 17.4 Å². The smallest absolute Gasteiger partial charge is 0.387 e. The topological polar surface area (TPSA) is 59.3 Å². The Morgan fingerprint density at radius 1 is 1.32 bits per heavy atom. The molecule has 0 saturated carbocycles. The lowest BCUT2D eigenvalue weighted by molar-refractivity contribution is -0.0506. The first-order chi connectivity index (χ1) is 8.90. The molecule has 0 aliphatic heterocycles. The highest BCUT2D eigenvalue weighted by Crippen LogP contribution is 2.31. The number of hydrogen-bond acceptors (Lipinski definition) is 4. The van der Waals surface area contributed by atoms with E-state index in [2.05, 4.69) is 9.47 Å². The summed E-state index contributed by atoms with van der Waals surface area (Å²) in [6.07, 6.45) is -3.00. The maximum atomic E-state index is 12.5. The van der Waals surface area contributed by atoms with Gasteiger partial charge >= 0.3 is 12.6 Å². The third-order valence-electron chi connectivity index (χ3n) is 2.10. The van der Waals surface area contributed by atoms with Crippen LogP contribution in [-0.2, 0) is 4.74 Å². The van der Waals surface area contributed by atoms with E-state index in [1.165, 1.54) is 6.07 Å². The van der Waals surface area contributed by atoms with Crippen LogP contribution < -0.4 is 4.74 Å². The molecule has 0 bridgehead atoms. The Hall–Kier alpha value is -2.30. The molecular formula is C11H7F4NO3. The maximum absolute atomic E-state index is 12.5. The number of nitriles is 1. The van der Waals surface area contributed by atoms with E-state index in [0.29, 0.717) is 6.07 Å². The summed E-state index contributed by atoms with van der Waals surface area (Å²) in [7, 11) is 0.955. The molecule has 4 nitrogen and oxygen atoms in total. The number of esters is 1. The average molecular weight is 277 g/mol. The summed E-state index contributed by atoms with van der Waals surface area (Å²) in [5.74, 6) is -1.95. The highest BCUT2D eigenvalue weighted by Gasteiger charge is 2.24. The number of carbonyl (C=O) groups is 1. The molecule has 19 heavy (non-hydrogen) atoms. The van der Waals surface area contributed by atoms with Crippen molar-refractivity contribution in [3.8, 4) is 11.8 Å². The molecule has 102 valence electrons. The van der Waals surface area contributed by atoms with Crippen LogP contribution in [0.15, 0.2) is 12.1 Å². The van der Waals surface area contributed by atoms with Crippen LogP contribution in [0.25, 0.3) is 0 Å². The molecule has 1 aromatic rings. The number of ether oxygens (including phenoxy) is 2. The van der Waals surface area contributed by atoms with Crippen molar-refractivity contribution in [3.63, 3.8) is 0 Å². The van der Waals surface area contributed by atoms with Gasteiger partial charge < -0.3 is 9.47 Å². The second-order valence-electron chi connectivity index (χ2n) is 3.22. The largest absolute Gasteiger partial charge is 0.465 e. The molecule has 1 rings (SSSR count). The van der Waals surface area contributed by atoms with Crippen LogP contribution in [0.1, 0.15) is 27.9 Å². The average Bonchev–Trinajstić information content (AvgIpc) is 2.35. The van der Waals surface area contributed by atoms with Crippen molar-refractivity contribution in [1.82, 2.24) is 0 Å². The number of rotatable bonds is 4. The molecule has 8 heteroatoms. The minimum atomic E-state index is -3.33. The third-order valence-corrected chi connectivity index (χ3v) is 2.10.